The number of hydrogen-bond acceptors (Lipinski definition) is 8. The number of carbonyl (C=O) groups is 2. The number of rotatable bonds is 7. The summed E-state index contributed by atoms with van der Waals surface area (Å²) in [6.45, 7) is 6.01. The summed E-state index contributed by atoms with van der Waals surface area (Å²) in [6, 6.07) is 1.52. The molecule has 3 aromatic heterocycles. The van der Waals surface area contributed by atoms with Crippen LogP contribution in [0.25, 0.3) is 5.78 Å². The first-order valence-electron chi connectivity index (χ1n) is 10.6. The Morgan fingerprint density at radius 1 is 1.31 bits per heavy atom. The molecule has 1 amide bonds. The summed E-state index contributed by atoms with van der Waals surface area (Å²) in [7, 11) is 0. The van der Waals surface area contributed by atoms with Gasteiger partial charge in [-0.25, -0.2) is 4.79 Å². The van der Waals surface area contributed by atoms with Crippen molar-refractivity contribution < 1.29 is 14.3 Å². The number of thioether (sulfide) groups is 1. The van der Waals surface area contributed by atoms with Crippen molar-refractivity contribution >= 4 is 45.8 Å². The number of carbonyl (C=O) groups excluding carboxylic acids is 2. The van der Waals surface area contributed by atoms with Crippen LogP contribution in [0.3, 0.4) is 0 Å². The largest absolute Gasteiger partial charge is 0.462 e. The molecule has 0 unspecified atom stereocenters. The number of ether oxygens (including phenoxy) is 1. The maximum Gasteiger partial charge on any atom is 0.341 e. The first-order chi connectivity index (χ1) is 15.4. The molecule has 0 spiro atoms. The number of nitrogens with zero attached hydrogens (tertiary/aromatic N) is 3. The summed E-state index contributed by atoms with van der Waals surface area (Å²) in [4.78, 5) is 41.0. The van der Waals surface area contributed by atoms with Gasteiger partial charge in [-0.05, 0) is 44.1 Å². The van der Waals surface area contributed by atoms with Gasteiger partial charge < -0.3 is 10.1 Å². The fourth-order valence-corrected chi connectivity index (χ4v) is 5.86. The zero-order chi connectivity index (χ0) is 22.8. The van der Waals surface area contributed by atoms with Gasteiger partial charge in [0, 0.05) is 16.6 Å². The Labute approximate surface area is 193 Å². The van der Waals surface area contributed by atoms with E-state index in [2.05, 4.69) is 20.5 Å². The van der Waals surface area contributed by atoms with Crippen LogP contribution in [0, 0.1) is 0 Å². The Morgan fingerprint density at radius 3 is 2.84 bits per heavy atom. The van der Waals surface area contributed by atoms with Crippen LogP contribution in [-0.2, 0) is 22.4 Å². The predicted octanol–water partition coefficient (Wildman–Crippen LogP) is 3.39. The second kappa shape index (κ2) is 9.45. The number of aromatic amines is 1. The molecular weight excluding hydrogens is 450 g/mol. The van der Waals surface area contributed by atoms with Crippen LogP contribution in [0.15, 0.2) is 16.0 Å². The van der Waals surface area contributed by atoms with E-state index in [1.807, 2.05) is 13.8 Å². The molecule has 3 aromatic rings. The molecule has 0 saturated heterocycles. The summed E-state index contributed by atoms with van der Waals surface area (Å²) in [5.41, 5.74) is 2.04. The lowest BCUT2D eigenvalue weighted by Crippen LogP contribution is -2.17. The van der Waals surface area contributed by atoms with Crippen LogP contribution in [0.2, 0.25) is 0 Å². The maximum absolute atomic E-state index is 12.8. The molecule has 3 heterocycles. The summed E-state index contributed by atoms with van der Waals surface area (Å²) in [6.07, 6.45) is 3.85. The van der Waals surface area contributed by atoms with Crippen LogP contribution in [0.5, 0.6) is 0 Å². The van der Waals surface area contributed by atoms with Gasteiger partial charge >= 0.3 is 5.97 Å². The Morgan fingerprint density at radius 2 is 2.09 bits per heavy atom. The number of esters is 1. The van der Waals surface area contributed by atoms with Crippen molar-refractivity contribution in [3.8, 4) is 0 Å². The highest BCUT2D eigenvalue weighted by molar-refractivity contribution is 7.99. The molecule has 9 nitrogen and oxygen atoms in total. The van der Waals surface area contributed by atoms with Gasteiger partial charge in [-0.2, -0.15) is 0 Å². The zero-order valence-electron chi connectivity index (χ0n) is 18.2. The maximum atomic E-state index is 12.8. The lowest BCUT2D eigenvalue weighted by Gasteiger charge is -2.12. The number of nitrogens with one attached hydrogen (secondary N) is 2. The van der Waals surface area contributed by atoms with E-state index in [0.717, 1.165) is 41.8 Å². The summed E-state index contributed by atoms with van der Waals surface area (Å²) in [5, 5.41) is 12.1. The second-order valence-electron chi connectivity index (χ2n) is 7.83. The van der Waals surface area contributed by atoms with E-state index in [1.165, 1.54) is 29.2 Å². The highest BCUT2D eigenvalue weighted by Gasteiger charge is 2.27. The minimum absolute atomic E-state index is 0.0774. The smallest absolute Gasteiger partial charge is 0.341 e. The average molecular weight is 476 g/mol. The van der Waals surface area contributed by atoms with Gasteiger partial charge in [0.05, 0.1) is 17.9 Å². The SMILES string of the molecule is CCOC(=O)c1c(NC(=O)CSc2nnc3[nH]c(=O)cc(C(C)C)n23)sc2c1CCCC2. The zero-order valence-corrected chi connectivity index (χ0v) is 19.8. The molecule has 11 heteroatoms. The monoisotopic (exact) mass is 475 g/mol. The number of thiophene rings is 1. The summed E-state index contributed by atoms with van der Waals surface area (Å²) in [5.74, 6) is -0.120. The van der Waals surface area contributed by atoms with Crippen molar-refractivity contribution in [2.24, 2.45) is 0 Å². The third kappa shape index (κ3) is 4.44. The van der Waals surface area contributed by atoms with Gasteiger partial charge in [0.2, 0.25) is 11.7 Å². The fraction of sp³-hybridized carbons (Fsp3) is 0.476. The van der Waals surface area contributed by atoms with Crippen molar-refractivity contribution in [2.75, 3.05) is 17.7 Å². The molecule has 2 N–H and O–H groups in total. The molecule has 0 aromatic carbocycles. The molecule has 0 saturated carbocycles. The third-order valence-corrected chi connectivity index (χ3v) is 7.37. The number of amides is 1. The highest BCUT2D eigenvalue weighted by Crippen LogP contribution is 2.38. The minimum atomic E-state index is -0.385. The fourth-order valence-electron chi connectivity index (χ4n) is 3.81. The molecule has 0 fully saturated rings. The topological polar surface area (TPSA) is 118 Å². The Balaban J connectivity index is 1.54. The van der Waals surface area contributed by atoms with E-state index in [0.29, 0.717) is 21.5 Å². The Bertz CT molecular complexity index is 1230. The van der Waals surface area contributed by atoms with Crippen molar-refractivity contribution in [1.29, 1.82) is 0 Å². The van der Waals surface area contributed by atoms with Gasteiger partial charge in [0.25, 0.3) is 5.56 Å². The molecule has 0 atom stereocenters. The molecule has 1 aliphatic rings. The molecule has 32 heavy (non-hydrogen) atoms. The summed E-state index contributed by atoms with van der Waals surface area (Å²) < 4.78 is 7.01. The highest BCUT2D eigenvalue weighted by atomic mass is 32.2. The number of H-pyrrole nitrogens is 1. The number of fused-ring (bicyclic) bond motifs is 2. The first-order valence-corrected chi connectivity index (χ1v) is 12.4. The molecule has 4 rings (SSSR count). The van der Waals surface area contributed by atoms with Gasteiger partial charge in [0.1, 0.15) is 5.00 Å². The summed E-state index contributed by atoms with van der Waals surface area (Å²) >= 11 is 2.69. The van der Waals surface area contributed by atoms with Crippen LogP contribution >= 0.6 is 23.1 Å². The Kier molecular flexibility index (Phi) is 6.66. The average Bonchev–Trinajstić information content (AvgIpc) is 3.32. The number of hydrogen-bond donors (Lipinski definition) is 2. The molecule has 1 aliphatic carbocycles. The molecule has 0 bridgehead atoms. The van der Waals surface area contributed by atoms with E-state index < -0.39 is 0 Å². The van der Waals surface area contributed by atoms with E-state index in [4.69, 9.17) is 4.74 Å². The number of aryl methyl sites for hydroxylation is 1. The number of aromatic nitrogens is 4. The van der Waals surface area contributed by atoms with E-state index >= 15 is 0 Å². The lowest BCUT2D eigenvalue weighted by atomic mass is 9.95. The third-order valence-electron chi connectivity index (χ3n) is 5.23. The van der Waals surface area contributed by atoms with Crippen molar-refractivity contribution in [3.63, 3.8) is 0 Å². The predicted molar refractivity (Wildman–Crippen MR) is 124 cm³/mol. The van der Waals surface area contributed by atoms with Gasteiger partial charge in [-0.1, -0.05) is 25.6 Å². The van der Waals surface area contributed by atoms with Crippen molar-refractivity contribution in [2.45, 2.75) is 57.5 Å². The van der Waals surface area contributed by atoms with Crippen LogP contribution in [0.1, 0.15) is 66.0 Å². The van der Waals surface area contributed by atoms with Crippen molar-refractivity contribution in [3.05, 3.63) is 38.1 Å². The van der Waals surface area contributed by atoms with Gasteiger partial charge in [0.15, 0.2) is 5.16 Å². The van der Waals surface area contributed by atoms with E-state index in [1.54, 1.807) is 11.3 Å². The lowest BCUT2D eigenvalue weighted by molar-refractivity contribution is -0.113. The van der Waals surface area contributed by atoms with Crippen LogP contribution in [-0.4, -0.2) is 43.8 Å². The van der Waals surface area contributed by atoms with Crippen LogP contribution < -0.4 is 10.9 Å². The van der Waals surface area contributed by atoms with E-state index in [9.17, 15) is 14.4 Å². The normalized spacial score (nSPS) is 13.4. The van der Waals surface area contributed by atoms with Crippen LogP contribution in [0.4, 0.5) is 5.00 Å². The van der Waals surface area contributed by atoms with Gasteiger partial charge in [-0.3, -0.25) is 19.0 Å². The second-order valence-corrected chi connectivity index (χ2v) is 9.87. The molecule has 0 radical (unpaired) electrons. The minimum Gasteiger partial charge on any atom is -0.462 e. The molecule has 0 aliphatic heterocycles. The standard InChI is InChI=1S/C21H25N5O4S2/c1-4-30-19(29)17-12-7-5-6-8-14(12)32-18(17)22-16(28)10-31-21-25-24-20-23-15(27)9-13(11(2)3)26(20)21/h9,11H,4-8,10H2,1-3H3,(H,22,28)(H,23,24,27). The van der Waals surface area contributed by atoms with Gasteiger partial charge in [-0.15, -0.1) is 21.5 Å². The van der Waals surface area contributed by atoms with Crippen molar-refractivity contribution in [1.82, 2.24) is 19.6 Å². The Hall–Kier alpha value is -2.66. The number of anilines is 1. The molecule has 170 valence electrons. The quantitative estimate of drug-likeness (QED) is 0.397. The molecular formula is C21H25N5O4S2. The van der Waals surface area contributed by atoms with E-state index in [-0.39, 0.29) is 35.7 Å². The first kappa shape index (κ1) is 22.5.